The number of imide groups is 1. The number of aryl methyl sites for hydroxylation is 1. The standard InChI is InChI=1S/C33H25NO5/c1-18-7-12-21(13-8-18)34-31(35)28-24(20-9-14-22(38-2)15-10-20)17-25-27-23-6-4-3-5-19(23)11-16-26(27)39-33(37)29(25)30(28)32(34)36/h3-17,24,28-30H,1-2H3/t24-,28+,29-,30+/m0/s1. The molecule has 0 bridgehead atoms. The van der Waals surface area contributed by atoms with E-state index in [9.17, 15) is 14.4 Å². The molecule has 2 amide bonds. The summed E-state index contributed by atoms with van der Waals surface area (Å²) >= 11 is 0. The van der Waals surface area contributed by atoms with Gasteiger partial charge in [-0.05, 0) is 59.2 Å². The Balaban J connectivity index is 1.46. The summed E-state index contributed by atoms with van der Waals surface area (Å²) in [6, 6.07) is 26.5. The third-order valence-electron chi connectivity index (χ3n) is 8.27. The number of amides is 2. The predicted octanol–water partition coefficient (Wildman–Crippen LogP) is 5.68. The van der Waals surface area contributed by atoms with Crippen LogP contribution in [-0.2, 0) is 14.4 Å². The molecule has 0 unspecified atom stereocenters. The lowest BCUT2D eigenvalue weighted by atomic mass is 9.64. The van der Waals surface area contributed by atoms with Crippen LogP contribution in [0.15, 0.2) is 91.0 Å². The summed E-state index contributed by atoms with van der Waals surface area (Å²) in [5.74, 6) is -2.93. The summed E-state index contributed by atoms with van der Waals surface area (Å²) in [5, 5.41) is 1.95. The van der Waals surface area contributed by atoms with Crippen molar-refractivity contribution in [1.29, 1.82) is 0 Å². The zero-order valence-electron chi connectivity index (χ0n) is 21.5. The molecule has 0 aromatic heterocycles. The minimum Gasteiger partial charge on any atom is -0.497 e. The van der Waals surface area contributed by atoms with Gasteiger partial charge in [0.2, 0.25) is 11.8 Å². The quantitative estimate of drug-likeness (QED) is 0.199. The highest BCUT2D eigenvalue weighted by Gasteiger charge is 2.60. The van der Waals surface area contributed by atoms with Crippen molar-refractivity contribution in [2.45, 2.75) is 12.8 Å². The fraction of sp³-hybridized carbons (Fsp3) is 0.182. The zero-order chi connectivity index (χ0) is 26.8. The van der Waals surface area contributed by atoms with Gasteiger partial charge in [-0.25, -0.2) is 4.90 Å². The lowest BCUT2D eigenvalue weighted by Gasteiger charge is -2.38. The van der Waals surface area contributed by atoms with E-state index in [2.05, 4.69) is 0 Å². The van der Waals surface area contributed by atoms with Gasteiger partial charge in [0.15, 0.2) is 0 Å². The molecular formula is C33H25NO5. The number of hydrogen-bond donors (Lipinski definition) is 0. The molecule has 192 valence electrons. The smallest absolute Gasteiger partial charge is 0.319 e. The number of esters is 1. The molecule has 0 spiro atoms. The van der Waals surface area contributed by atoms with E-state index >= 15 is 0 Å². The topological polar surface area (TPSA) is 72.9 Å². The van der Waals surface area contributed by atoms with Crippen LogP contribution in [0.25, 0.3) is 16.3 Å². The SMILES string of the molecule is COc1ccc([C@@H]2C=C3c4c(ccc5ccccc45)OC(=O)[C@@H]3[C@@H]3C(=O)N(c4ccc(C)cc4)C(=O)[C@@H]32)cc1. The van der Waals surface area contributed by atoms with E-state index in [1.165, 1.54) is 4.90 Å². The summed E-state index contributed by atoms with van der Waals surface area (Å²) in [7, 11) is 1.60. The van der Waals surface area contributed by atoms with Crippen LogP contribution in [0.2, 0.25) is 0 Å². The largest absolute Gasteiger partial charge is 0.497 e. The second-order valence-electron chi connectivity index (χ2n) is 10.4. The molecule has 1 aliphatic carbocycles. The molecule has 0 N–H and O–H groups in total. The van der Waals surface area contributed by atoms with E-state index in [-0.39, 0.29) is 11.8 Å². The van der Waals surface area contributed by atoms with Crippen LogP contribution in [0.4, 0.5) is 5.69 Å². The number of allylic oxidation sites excluding steroid dienone is 1. The number of fused-ring (bicyclic) bond motifs is 7. The maximum Gasteiger partial charge on any atom is 0.319 e. The zero-order valence-corrected chi connectivity index (χ0v) is 21.5. The fourth-order valence-corrected chi connectivity index (χ4v) is 6.43. The van der Waals surface area contributed by atoms with Crippen LogP contribution in [0, 0.1) is 24.7 Å². The third-order valence-corrected chi connectivity index (χ3v) is 8.27. The number of rotatable bonds is 3. The molecule has 2 heterocycles. The van der Waals surface area contributed by atoms with E-state index in [0.29, 0.717) is 17.2 Å². The Kier molecular flexibility index (Phi) is 5.20. The van der Waals surface area contributed by atoms with Crippen LogP contribution < -0.4 is 14.4 Å². The summed E-state index contributed by atoms with van der Waals surface area (Å²) in [6.45, 7) is 1.95. The maximum absolute atomic E-state index is 14.1. The van der Waals surface area contributed by atoms with E-state index in [0.717, 1.165) is 33.0 Å². The summed E-state index contributed by atoms with van der Waals surface area (Å²) in [4.78, 5) is 43.1. The molecule has 2 aliphatic heterocycles. The van der Waals surface area contributed by atoms with E-state index < -0.39 is 29.6 Å². The number of ether oxygens (including phenoxy) is 2. The van der Waals surface area contributed by atoms with Crippen LogP contribution in [0.3, 0.4) is 0 Å². The highest BCUT2D eigenvalue weighted by molar-refractivity contribution is 6.25. The van der Waals surface area contributed by atoms with Crippen molar-refractivity contribution in [3.05, 3.63) is 108 Å². The summed E-state index contributed by atoms with van der Waals surface area (Å²) in [5.41, 5.74) is 3.96. The summed E-state index contributed by atoms with van der Waals surface area (Å²) in [6.07, 6.45) is 2.02. The molecule has 1 saturated heterocycles. The van der Waals surface area contributed by atoms with Gasteiger partial charge in [0.05, 0.1) is 30.6 Å². The second kappa shape index (κ2) is 8.67. The first kappa shape index (κ1) is 23.4. The molecular weight excluding hydrogens is 490 g/mol. The van der Waals surface area contributed by atoms with E-state index in [4.69, 9.17) is 9.47 Å². The van der Waals surface area contributed by atoms with Gasteiger partial charge in [-0.15, -0.1) is 0 Å². The van der Waals surface area contributed by atoms with Crippen molar-refractivity contribution >= 4 is 39.8 Å². The molecule has 6 nitrogen and oxygen atoms in total. The number of nitrogens with zero attached hydrogens (tertiary/aromatic N) is 1. The Labute approximate surface area is 225 Å². The number of carbonyl (C=O) groups is 3. The molecule has 6 heteroatoms. The lowest BCUT2D eigenvalue weighted by molar-refractivity contribution is -0.142. The van der Waals surface area contributed by atoms with Crippen molar-refractivity contribution in [3.63, 3.8) is 0 Å². The highest BCUT2D eigenvalue weighted by atomic mass is 16.5. The molecule has 3 aliphatic rings. The third kappa shape index (κ3) is 3.44. The minimum absolute atomic E-state index is 0.304. The lowest BCUT2D eigenvalue weighted by Crippen LogP contribution is -2.42. The first-order valence-corrected chi connectivity index (χ1v) is 13.0. The Morgan fingerprint density at radius 3 is 2.26 bits per heavy atom. The highest BCUT2D eigenvalue weighted by Crippen LogP contribution is 2.55. The molecule has 4 atom stereocenters. The first-order valence-electron chi connectivity index (χ1n) is 13.0. The van der Waals surface area contributed by atoms with Crippen molar-refractivity contribution in [2.75, 3.05) is 12.0 Å². The van der Waals surface area contributed by atoms with Gasteiger partial charge in [0, 0.05) is 11.5 Å². The van der Waals surface area contributed by atoms with Crippen molar-refractivity contribution in [3.8, 4) is 11.5 Å². The fourth-order valence-electron chi connectivity index (χ4n) is 6.43. The molecule has 4 aromatic carbocycles. The Hall–Kier alpha value is -4.71. The Morgan fingerprint density at radius 2 is 1.51 bits per heavy atom. The van der Waals surface area contributed by atoms with Gasteiger partial charge in [0.25, 0.3) is 0 Å². The van der Waals surface area contributed by atoms with Gasteiger partial charge < -0.3 is 9.47 Å². The number of methoxy groups -OCH3 is 1. The Bertz CT molecular complexity index is 1700. The van der Waals surface area contributed by atoms with Gasteiger partial charge in [0.1, 0.15) is 11.5 Å². The predicted molar refractivity (Wildman–Crippen MR) is 147 cm³/mol. The summed E-state index contributed by atoms with van der Waals surface area (Å²) < 4.78 is 11.2. The normalized spacial score (nSPS) is 23.6. The van der Waals surface area contributed by atoms with Gasteiger partial charge in [-0.1, -0.05) is 66.2 Å². The number of benzene rings is 4. The first-order chi connectivity index (χ1) is 19.0. The second-order valence-corrected chi connectivity index (χ2v) is 10.4. The molecule has 4 aromatic rings. The molecule has 7 rings (SSSR count). The van der Waals surface area contributed by atoms with Crippen LogP contribution in [0.1, 0.15) is 22.6 Å². The minimum atomic E-state index is -0.884. The monoisotopic (exact) mass is 515 g/mol. The average Bonchev–Trinajstić information content (AvgIpc) is 3.22. The van der Waals surface area contributed by atoms with Crippen LogP contribution >= 0.6 is 0 Å². The Morgan fingerprint density at radius 1 is 0.795 bits per heavy atom. The van der Waals surface area contributed by atoms with Crippen molar-refractivity contribution in [1.82, 2.24) is 0 Å². The van der Waals surface area contributed by atoms with Gasteiger partial charge >= 0.3 is 5.97 Å². The molecule has 1 fully saturated rings. The number of carbonyl (C=O) groups excluding carboxylic acids is 3. The number of anilines is 1. The van der Waals surface area contributed by atoms with E-state index in [1.54, 1.807) is 25.3 Å². The molecule has 39 heavy (non-hydrogen) atoms. The van der Waals surface area contributed by atoms with Crippen LogP contribution in [-0.4, -0.2) is 24.9 Å². The van der Waals surface area contributed by atoms with Crippen molar-refractivity contribution < 1.29 is 23.9 Å². The van der Waals surface area contributed by atoms with Gasteiger partial charge in [-0.2, -0.15) is 0 Å². The maximum atomic E-state index is 14.1. The van der Waals surface area contributed by atoms with Crippen molar-refractivity contribution in [2.24, 2.45) is 17.8 Å². The molecule has 0 radical (unpaired) electrons. The molecule has 0 saturated carbocycles. The van der Waals surface area contributed by atoms with E-state index in [1.807, 2.05) is 79.7 Å². The van der Waals surface area contributed by atoms with Gasteiger partial charge in [-0.3, -0.25) is 14.4 Å². The van der Waals surface area contributed by atoms with Crippen LogP contribution in [0.5, 0.6) is 11.5 Å². The number of hydrogen-bond acceptors (Lipinski definition) is 5. The average molecular weight is 516 g/mol.